The number of hydrogen-bond donors (Lipinski definition) is 0. The molecule has 0 unspecified atom stereocenters. The van der Waals surface area contributed by atoms with Gasteiger partial charge in [-0.25, -0.2) is 4.79 Å². The van der Waals surface area contributed by atoms with Crippen LogP contribution in [0.3, 0.4) is 0 Å². The second-order valence-electron chi connectivity index (χ2n) is 8.02. The van der Waals surface area contributed by atoms with Gasteiger partial charge in [-0.2, -0.15) is 0 Å². The first-order valence-corrected chi connectivity index (χ1v) is 9.40. The van der Waals surface area contributed by atoms with Crippen LogP contribution in [-0.4, -0.2) is 47.7 Å². The molecule has 0 bridgehead atoms. The number of likely N-dealkylation sites (tertiary alicyclic amines) is 1. The quantitative estimate of drug-likeness (QED) is 0.431. The fourth-order valence-corrected chi connectivity index (χ4v) is 3.50. The molecule has 0 saturated carbocycles. The van der Waals surface area contributed by atoms with Gasteiger partial charge >= 0.3 is 12.1 Å². The summed E-state index contributed by atoms with van der Waals surface area (Å²) in [5.74, 6) is -0.897. The molecule has 0 aromatic heterocycles. The summed E-state index contributed by atoms with van der Waals surface area (Å²) in [6.45, 7) is 6.40. The van der Waals surface area contributed by atoms with Gasteiger partial charge in [-0.1, -0.05) is 18.2 Å². The Morgan fingerprint density at radius 1 is 1.25 bits per heavy atom. The van der Waals surface area contributed by atoms with E-state index in [0.29, 0.717) is 31.5 Å². The first-order valence-electron chi connectivity index (χ1n) is 9.40. The number of methoxy groups -OCH3 is 1. The van der Waals surface area contributed by atoms with Crippen molar-refractivity contribution in [2.24, 2.45) is 11.8 Å². The third-order valence-corrected chi connectivity index (χ3v) is 4.89. The predicted octanol–water partition coefficient (Wildman–Crippen LogP) is 3.57. The van der Waals surface area contributed by atoms with Gasteiger partial charge in [-0.05, 0) is 46.0 Å². The normalized spacial score (nSPS) is 16.4. The Balaban J connectivity index is 2.09. The van der Waals surface area contributed by atoms with Crippen LogP contribution in [0.2, 0.25) is 0 Å². The van der Waals surface area contributed by atoms with E-state index in [-0.39, 0.29) is 30.1 Å². The van der Waals surface area contributed by atoms with Crippen molar-refractivity contribution in [3.8, 4) is 0 Å². The molecule has 2 rings (SSSR count). The molecule has 1 aromatic carbocycles. The third-order valence-electron chi connectivity index (χ3n) is 4.89. The maximum absolute atomic E-state index is 12.4. The molecule has 1 atom stereocenters. The zero-order valence-corrected chi connectivity index (χ0v) is 16.8. The van der Waals surface area contributed by atoms with E-state index in [1.807, 2.05) is 20.8 Å². The van der Waals surface area contributed by atoms with E-state index in [0.717, 1.165) is 0 Å². The monoisotopic (exact) mass is 392 g/mol. The highest BCUT2D eigenvalue weighted by Gasteiger charge is 2.35. The van der Waals surface area contributed by atoms with Crippen LogP contribution in [0.15, 0.2) is 24.3 Å². The van der Waals surface area contributed by atoms with Crippen LogP contribution < -0.4 is 0 Å². The Labute approximate surface area is 164 Å². The van der Waals surface area contributed by atoms with E-state index >= 15 is 0 Å². The van der Waals surface area contributed by atoms with Gasteiger partial charge in [-0.3, -0.25) is 14.9 Å². The number of amides is 1. The smallest absolute Gasteiger partial charge is 0.410 e. The number of benzene rings is 1. The molecule has 1 aliphatic rings. The standard InChI is InChI=1S/C20H28N2O6/c1-20(2,3)28-19(24)21-11-9-14(10-12-21)16(18(23)27-4)13-15-7-5-6-8-17(15)22(25)26/h5-8,14,16H,9-13H2,1-4H3/t16-/m1/s1. The largest absolute Gasteiger partial charge is 0.469 e. The molecule has 1 amide bonds. The fraction of sp³-hybridized carbons (Fsp3) is 0.600. The van der Waals surface area contributed by atoms with Crippen molar-refractivity contribution >= 4 is 17.7 Å². The SMILES string of the molecule is COC(=O)[C@H](Cc1ccccc1[N+](=O)[O-])C1CCN(C(=O)OC(C)(C)C)CC1. The molecule has 0 spiro atoms. The van der Waals surface area contributed by atoms with E-state index in [9.17, 15) is 19.7 Å². The highest BCUT2D eigenvalue weighted by molar-refractivity contribution is 5.73. The summed E-state index contributed by atoms with van der Waals surface area (Å²) in [6.07, 6.45) is 1.10. The number of ether oxygens (including phenoxy) is 2. The fourth-order valence-electron chi connectivity index (χ4n) is 3.50. The van der Waals surface area contributed by atoms with Crippen molar-refractivity contribution in [2.45, 2.75) is 45.6 Å². The minimum atomic E-state index is -0.561. The van der Waals surface area contributed by atoms with Gasteiger partial charge in [0.2, 0.25) is 0 Å². The lowest BCUT2D eigenvalue weighted by Crippen LogP contribution is -2.44. The molecule has 154 valence electrons. The lowest BCUT2D eigenvalue weighted by atomic mass is 9.80. The topological polar surface area (TPSA) is 99.0 Å². The molecule has 8 heteroatoms. The average molecular weight is 392 g/mol. The van der Waals surface area contributed by atoms with Crippen molar-refractivity contribution in [3.05, 3.63) is 39.9 Å². The van der Waals surface area contributed by atoms with Gasteiger partial charge in [0.15, 0.2) is 0 Å². The van der Waals surface area contributed by atoms with Gasteiger partial charge in [0, 0.05) is 24.7 Å². The third kappa shape index (κ3) is 5.68. The molecule has 0 aliphatic carbocycles. The molecular weight excluding hydrogens is 364 g/mol. The first-order chi connectivity index (χ1) is 13.1. The number of rotatable bonds is 5. The Hall–Kier alpha value is -2.64. The zero-order valence-electron chi connectivity index (χ0n) is 16.8. The van der Waals surface area contributed by atoms with Gasteiger partial charge in [-0.15, -0.1) is 0 Å². The summed E-state index contributed by atoms with van der Waals surface area (Å²) in [4.78, 5) is 37.1. The van der Waals surface area contributed by atoms with Gasteiger partial charge in [0.1, 0.15) is 5.60 Å². The zero-order chi connectivity index (χ0) is 20.9. The lowest BCUT2D eigenvalue weighted by molar-refractivity contribution is -0.385. The summed E-state index contributed by atoms with van der Waals surface area (Å²) in [5.41, 5.74) is -0.0468. The molecule has 1 fully saturated rings. The number of para-hydroxylation sites is 1. The van der Waals surface area contributed by atoms with Crippen molar-refractivity contribution in [1.82, 2.24) is 4.90 Å². The summed E-state index contributed by atoms with van der Waals surface area (Å²) in [6, 6.07) is 6.44. The summed E-state index contributed by atoms with van der Waals surface area (Å²) in [5, 5.41) is 11.3. The molecule has 8 nitrogen and oxygen atoms in total. The van der Waals surface area contributed by atoms with Crippen LogP contribution in [0.5, 0.6) is 0 Å². The molecule has 0 N–H and O–H groups in total. The molecule has 1 heterocycles. The first kappa shape index (κ1) is 21.7. The molecule has 1 saturated heterocycles. The van der Waals surface area contributed by atoms with E-state index < -0.39 is 16.4 Å². The molecular formula is C20H28N2O6. The van der Waals surface area contributed by atoms with Crippen LogP contribution in [0.1, 0.15) is 39.2 Å². The second kappa shape index (κ2) is 9.03. The number of nitrogens with zero attached hydrogens (tertiary/aromatic N) is 2. The maximum atomic E-state index is 12.4. The van der Waals surface area contributed by atoms with Crippen molar-refractivity contribution in [2.75, 3.05) is 20.2 Å². The van der Waals surface area contributed by atoms with Crippen LogP contribution in [0.25, 0.3) is 0 Å². The van der Waals surface area contributed by atoms with Crippen LogP contribution in [0.4, 0.5) is 10.5 Å². The molecule has 1 aromatic rings. The van der Waals surface area contributed by atoms with Gasteiger partial charge in [0.05, 0.1) is 18.0 Å². The van der Waals surface area contributed by atoms with Crippen molar-refractivity contribution < 1.29 is 24.0 Å². The van der Waals surface area contributed by atoms with Gasteiger partial charge < -0.3 is 14.4 Å². The Morgan fingerprint density at radius 2 is 1.86 bits per heavy atom. The lowest BCUT2D eigenvalue weighted by Gasteiger charge is -2.35. The maximum Gasteiger partial charge on any atom is 0.410 e. The van der Waals surface area contributed by atoms with Crippen LogP contribution in [0, 0.1) is 22.0 Å². The van der Waals surface area contributed by atoms with Crippen molar-refractivity contribution in [1.29, 1.82) is 0 Å². The summed E-state index contributed by atoms with van der Waals surface area (Å²) < 4.78 is 10.4. The van der Waals surface area contributed by atoms with E-state index in [2.05, 4.69) is 0 Å². The van der Waals surface area contributed by atoms with Gasteiger partial charge in [0.25, 0.3) is 5.69 Å². The minimum Gasteiger partial charge on any atom is -0.469 e. The second-order valence-corrected chi connectivity index (χ2v) is 8.02. The van der Waals surface area contributed by atoms with Crippen LogP contribution >= 0.6 is 0 Å². The number of hydrogen-bond acceptors (Lipinski definition) is 6. The molecule has 28 heavy (non-hydrogen) atoms. The number of carbonyl (C=O) groups is 2. The van der Waals surface area contributed by atoms with Crippen molar-refractivity contribution in [3.63, 3.8) is 0 Å². The van der Waals surface area contributed by atoms with Crippen LogP contribution in [-0.2, 0) is 20.7 Å². The highest BCUT2D eigenvalue weighted by atomic mass is 16.6. The number of piperidine rings is 1. The Morgan fingerprint density at radius 3 is 2.39 bits per heavy atom. The number of carbonyl (C=O) groups excluding carboxylic acids is 2. The Kier molecular flexibility index (Phi) is 6.99. The highest BCUT2D eigenvalue weighted by Crippen LogP contribution is 2.32. The summed E-state index contributed by atoms with van der Waals surface area (Å²) >= 11 is 0. The molecule has 0 radical (unpaired) electrons. The number of nitro benzene ring substituents is 1. The minimum absolute atomic E-state index is 0.00240. The molecule has 1 aliphatic heterocycles. The summed E-state index contributed by atoms with van der Waals surface area (Å²) in [7, 11) is 1.32. The average Bonchev–Trinajstić information content (AvgIpc) is 2.64. The Bertz CT molecular complexity index is 720. The predicted molar refractivity (Wildman–Crippen MR) is 103 cm³/mol. The van der Waals surface area contributed by atoms with E-state index in [1.165, 1.54) is 13.2 Å². The number of nitro groups is 1. The van der Waals surface area contributed by atoms with E-state index in [4.69, 9.17) is 9.47 Å². The van der Waals surface area contributed by atoms with E-state index in [1.54, 1.807) is 23.1 Å². The number of esters is 1.